The third-order valence-electron chi connectivity index (χ3n) is 2.50. The maximum Gasteiger partial charge on any atom is 0.311 e. The Morgan fingerprint density at radius 2 is 2.00 bits per heavy atom. The molecule has 88 valence electrons. The minimum absolute atomic E-state index is 0.0131. The smallest absolute Gasteiger partial charge is 0.311 e. The lowest BCUT2D eigenvalue weighted by molar-refractivity contribution is -0.139. The summed E-state index contributed by atoms with van der Waals surface area (Å²) in [7, 11) is 1.43. The van der Waals surface area contributed by atoms with Gasteiger partial charge < -0.3 is 14.9 Å². The molecule has 0 aliphatic rings. The van der Waals surface area contributed by atoms with Crippen molar-refractivity contribution in [2.45, 2.75) is 19.8 Å². The number of methoxy groups -OCH3 is 1. The summed E-state index contributed by atoms with van der Waals surface area (Å²) in [5.41, 5.74) is 0.636. The van der Waals surface area contributed by atoms with E-state index in [1.54, 1.807) is 12.1 Å². The molecule has 0 aromatic heterocycles. The van der Waals surface area contributed by atoms with Gasteiger partial charge in [-0.3, -0.25) is 4.79 Å². The van der Waals surface area contributed by atoms with Crippen LogP contribution in [0, 0.1) is 5.92 Å². The zero-order chi connectivity index (χ0) is 12.3. The van der Waals surface area contributed by atoms with E-state index in [1.165, 1.54) is 13.2 Å². The first-order valence-electron chi connectivity index (χ1n) is 5.07. The number of ether oxygens (including phenoxy) is 1. The average molecular weight is 224 g/mol. The fourth-order valence-corrected chi connectivity index (χ4v) is 1.70. The fraction of sp³-hybridized carbons (Fsp3) is 0.417. The van der Waals surface area contributed by atoms with Crippen LogP contribution in [0.1, 0.15) is 25.3 Å². The molecule has 1 unspecified atom stereocenters. The number of hydrogen-bond acceptors (Lipinski definition) is 3. The van der Waals surface area contributed by atoms with Gasteiger partial charge in [0.15, 0.2) is 11.5 Å². The Morgan fingerprint density at radius 3 is 2.44 bits per heavy atom. The summed E-state index contributed by atoms with van der Waals surface area (Å²) < 4.78 is 4.95. The zero-order valence-corrected chi connectivity index (χ0v) is 9.60. The topological polar surface area (TPSA) is 66.8 Å². The quantitative estimate of drug-likeness (QED) is 0.823. The van der Waals surface area contributed by atoms with E-state index in [-0.39, 0.29) is 11.7 Å². The van der Waals surface area contributed by atoms with E-state index < -0.39 is 11.9 Å². The third kappa shape index (κ3) is 2.45. The van der Waals surface area contributed by atoms with Gasteiger partial charge in [-0.1, -0.05) is 19.9 Å². The predicted molar refractivity (Wildman–Crippen MR) is 59.9 cm³/mol. The number of benzene rings is 1. The summed E-state index contributed by atoms with van der Waals surface area (Å²) >= 11 is 0. The molecule has 0 radical (unpaired) electrons. The van der Waals surface area contributed by atoms with Crippen molar-refractivity contribution >= 4 is 5.97 Å². The first kappa shape index (κ1) is 12.4. The predicted octanol–water partition coefficient (Wildman–Crippen LogP) is 2.23. The van der Waals surface area contributed by atoms with Crippen LogP contribution in [0.5, 0.6) is 11.5 Å². The molecule has 0 aliphatic carbocycles. The molecule has 0 spiro atoms. The van der Waals surface area contributed by atoms with Crippen LogP contribution in [0.25, 0.3) is 0 Å². The maximum absolute atomic E-state index is 11.1. The van der Waals surface area contributed by atoms with Crippen molar-refractivity contribution in [1.29, 1.82) is 0 Å². The number of carboxylic acid groups (broad SMARTS) is 1. The Balaban J connectivity index is 3.15. The summed E-state index contributed by atoms with van der Waals surface area (Å²) in [5, 5.41) is 18.5. The van der Waals surface area contributed by atoms with Crippen molar-refractivity contribution in [3.8, 4) is 11.5 Å². The number of rotatable bonds is 4. The van der Waals surface area contributed by atoms with E-state index in [9.17, 15) is 9.90 Å². The average Bonchev–Trinajstić information content (AvgIpc) is 2.19. The van der Waals surface area contributed by atoms with Gasteiger partial charge >= 0.3 is 5.97 Å². The number of aliphatic carboxylic acids is 1. The van der Waals surface area contributed by atoms with Crippen molar-refractivity contribution in [3.05, 3.63) is 23.8 Å². The Bertz CT molecular complexity index is 385. The van der Waals surface area contributed by atoms with Gasteiger partial charge in [0.05, 0.1) is 13.0 Å². The van der Waals surface area contributed by atoms with Crippen LogP contribution < -0.4 is 4.74 Å². The number of carbonyl (C=O) groups is 1. The second-order valence-corrected chi connectivity index (χ2v) is 3.99. The van der Waals surface area contributed by atoms with Crippen LogP contribution in [-0.4, -0.2) is 23.3 Å². The van der Waals surface area contributed by atoms with E-state index in [4.69, 9.17) is 9.84 Å². The van der Waals surface area contributed by atoms with Gasteiger partial charge in [0, 0.05) is 0 Å². The van der Waals surface area contributed by atoms with E-state index in [2.05, 4.69) is 0 Å². The lowest BCUT2D eigenvalue weighted by Crippen LogP contribution is -2.17. The second-order valence-electron chi connectivity index (χ2n) is 3.99. The molecule has 1 aromatic carbocycles. The first-order valence-corrected chi connectivity index (χ1v) is 5.07. The highest BCUT2D eigenvalue weighted by Gasteiger charge is 2.24. The normalized spacial score (nSPS) is 12.5. The van der Waals surface area contributed by atoms with Gasteiger partial charge in [-0.2, -0.15) is 0 Å². The highest BCUT2D eigenvalue weighted by Crippen LogP contribution is 2.32. The SMILES string of the molecule is COc1cc(C(C(=O)O)C(C)C)ccc1O. The van der Waals surface area contributed by atoms with Gasteiger partial charge in [-0.05, 0) is 23.6 Å². The molecule has 0 heterocycles. The van der Waals surface area contributed by atoms with Gasteiger partial charge in [-0.15, -0.1) is 0 Å². The van der Waals surface area contributed by atoms with Crippen molar-refractivity contribution < 1.29 is 19.7 Å². The molecule has 4 nitrogen and oxygen atoms in total. The molecule has 0 saturated heterocycles. The van der Waals surface area contributed by atoms with Crippen LogP contribution in [-0.2, 0) is 4.79 Å². The number of phenolic OH excluding ortho intramolecular Hbond substituents is 1. The highest BCUT2D eigenvalue weighted by atomic mass is 16.5. The molecule has 0 amide bonds. The Labute approximate surface area is 94.5 Å². The molecule has 0 fully saturated rings. The molecular formula is C12H16O4. The number of phenols is 1. The second kappa shape index (κ2) is 4.88. The summed E-state index contributed by atoms with van der Waals surface area (Å²) in [6, 6.07) is 4.62. The number of aromatic hydroxyl groups is 1. The third-order valence-corrected chi connectivity index (χ3v) is 2.50. The van der Waals surface area contributed by atoms with Crippen LogP contribution >= 0.6 is 0 Å². The van der Waals surface area contributed by atoms with E-state index in [1.807, 2.05) is 13.8 Å². The maximum atomic E-state index is 11.1. The van der Waals surface area contributed by atoms with E-state index in [0.717, 1.165) is 0 Å². The molecule has 4 heteroatoms. The van der Waals surface area contributed by atoms with Crippen molar-refractivity contribution in [3.63, 3.8) is 0 Å². The summed E-state index contributed by atoms with van der Waals surface area (Å²) in [6.07, 6.45) is 0. The lowest BCUT2D eigenvalue weighted by Gasteiger charge is -2.17. The van der Waals surface area contributed by atoms with Crippen LogP contribution in [0.15, 0.2) is 18.2 Å². The monoisotopic (exact) mass is 224 g/mol. The molecule has 0 aliphatic heterocycles. The minimum Gasteiger partial charge on any atom is -0.504 e. The Hall–Kier alpha value is -1.71. The summed E-state index contributed by atoms with van der Waals surface area (Å²) in [5.74, 6) is -1.17. The summed E-state index contributed by atoms with van der Waals surface area (Å²) in [4.78, 5) is 11.1. The Kier molecular flexibility index (Phi) is 3.77. The lowest BCUT2D eigenvalue weighted by atomic mass is 9.88. The molecule has 0 bridgehead atoms. The van der Waals surface area contributed by atoms with Gasteiger partial charge in [0.25, 0.3) is 0 Å². The number of carboxylic acids is 1. The van der Waals surface area contributed by atoms with Gasteiger partial charge in [0.2, 0.25) is 0 Å². The van der Waals surface area contributed by atoms with Crippen molar-refractivity contribution in [2.75, 3.05) is 7.11 Å². The standard InChI is InChI=1S/C12H16O4/c1-7(2)11(12(14)15)8-4-5-9(13)10(6-8)16-3/h4-7,11,13H,1-3H3,(H,14,15). The molecule has 2 N–H and O–H groups in total. The van der Waals surface area contributed by atoms with Crippen molar-refractivity contribution in [1.82, 2.24) is 0 Å². The molecule has 1 rings (SSSR count). The largest absolute Gasteiger partial charge is 0.504 e. The zero-order valence-electron chi connectivity index (χ0n) is 9.60. The molecular weight excluding hydrogens is 208 g/mol. The van der Waals surface area contributed by atoms with Crippen molar-refractivity contribution in [2.24, 2.45) is 5.92 Å². The van der Waals surface area contributed by atoms with E-state index in [0.29, 0.717) is 11.3 Å². The summed E-state index contributed by atoms with van der Waals surface area (Å²) in [6.45, 7) is 3.69. The number of hydrogen-bond donors (Lipinski definition) is 2. The highest BCUT2D eigenvalue weighted by molar-refractivity contribution is 5.76. The molecule has 1 aromatic rings. The fourth-order valence-electron chi connectivity index (χ4n) is 1.70. The Morgan fingerprint density at radius 1 is 1.38 bits per heavy atom. The van der Waals surface area contributed by atoms with E-state index >= 15 is 0 Å². The van der Waals surface area contributed by atoms with Gasteiger partial charge in [-0.25, -0.2) is 0 Å². The van der Waals surface area contributed by atoms with Crippen LogP contribution in [0.4, 0.5) is 0 Å². The molecule has 0 saturated carbocycles. The first-order chi connectivity index (χ1) is 7.47. The minimum atomic E-state index is -0.872. The molecule has 16 heavy (non-hydrogen) atoms. The van der Waals surface area contributed by atoms with Crippen LogP contribution in [0.2, 0.25) is 0 Å². The van der Waals surface area contributed by atoms with Crippen LogP contribution in [0.3, 0.4) is 0 Å². The van der Waals surface area contributed by atoms with Gasteiger partial charge in [0.1, 0.15) is 0 Å². The molecule has 1 atom stereocenters.